The van der Waals surface area contributed by atoms with Crippen molar-refractivity contribution in [2.24, 2.45) is 0 Å². The third kappa shape index (κ3) is 6.12. The van der Waals surface area contributed by atoms with E-state index in [-0.39, 0.29) is 24.4 Å². The molecule has 0 atom stereocenters. The van der Waals surface area contributed by atoms with Gasteiger partial charge in [-0.15, -0.1) is 5.10 Å². The molecule has 0 saturated carbocycles. The standard InChI is InChI=1S/C24H27N7O5/c1-24(2,3)36-23(33)31-12-10-30(11-13-31)22-27-21(28-29-22)26-20(32)19-9-8-17(35-19)15-34-18-7-5-4-6-16(18)14-25/h4-9H,10-13,15H2,1-3H3,(H2,26,27,28,29,32). The van der Waals surface area contributed by atoms with Crippen molar-refractivity contribution in [1.29, 1.82) is 5.26 Å². The lowest BCUT2D eigenvalue weighted by molar-refractivity contribution is 0.0240. The predicted octanol–water partition coefficient (Wildman–Crippen LogP) is 3.16. The second-order valence-corrected chi connectivity index (χ2v) is 9.06. The van der Waals surface area contributed by atoms with E-state index in [1.807, 2.05) is 25.7 Å². The molecular weight excluding hydrogens is 466 g/mol. The minimum atomic E-state index is -0.546. The van der Waals surface area contributed by atoms with E-state index >= 15 is 0 Å². The van der Waals surface area contributed by atoms with E-state index in [0.717, 1.165) is 0 Å². The van der Waals surface area contributed by atoms with Gasteiger partial charge < -0.3 is 23.7 Å². The van der Waals surface area contributed by atoms with Gasteiger partial charge in [0.05, 0.1) is 5.56 Å². The zero-order valence-corrected chi connectivity index (χ0v) is 20.3. The van der Waals surface area contributed by atoms with E-state index < -0.39 is 11.5 Å². The van der Waals surface area contributed by atoms with Crippen LogP contribution in [-0.2, 0) is 11.3 Å². The Morgan fingerprint density at radius 2 is 1.92 bits per heavy atom. The van der Waals surface area contributed by atoms with E-state index in [1.165, 1.54) is 6.07 Å². The van der Waals surface area contributed by atoms with Crippen LogP contribution in [0.1, 0.15) is 42.6 Å². The summed E-state index contributed by atoms with van der Waals surface area (Å²) in [5.74, 6) is 1.01. The lowest BCUT2D eigenvalue weighted by atomic mass is 10.2. The predicted molar refractivity (Wildman–Crippen MR) is 129 cm³/mol. The van der Waals surface area contributed by atoms with Crippen LogP contribution in [-0.4, -0.2) is 63.9 Å². The van der Waals surface area contributed by atoms with E-state index in [1.54, 1.807) is 35.2 Å². The maximum Gasteiger partial charge on any atom is 0.410 e. The van der Waals surface area contributed by atoms with Crippen molar-refractivity contribution < 1.29 is 23.5 Å². The number of amides is 2. The molecule has 0 radical (unpaired) electrons. The van der Waals surface area contributed by atoms with E-state index in [4.69, 9.17) is 19.2 Å². The van der Waals surface area contributed by atoms with Crippen LogP contribution >= 0.6 is 0 Å². The maximum atomic E-state index is 12.6. The van der Waals surface area contributed by atoms with Gasteiger partial charge >= 0.3 is 6.09 Å². The number of furan rings is 1. The topological polar surface area (TPSA) is 150 Å². The number of aromatic nitrogens is 3. The van der Waals surface area contributed by atoms with Crippen LogP contribution in [0.5, 0.6) is 5.75 Å². The van der Waals surface area contributed by atoms with Crippen LogP contribution < -0.4 is 15.0 Å². The highest BCUT2D eigenvalue weighted by Crippen LogP contribution is 2.20. The number of para-hydroxylation sites is 1. The lowest BCUT2D eigenvalue weighted by Crippen LogP contribution is -2.50. The first-order valence-corrected chi connectivity index (χ1v) is 11.4. The van der Waals surface area contributed by atoms with Crippen LogP contribution in [0.15, 0.2) is 40.8 Å². The Labute approximate surface area is 207 Å². The summed E-state index contributed by atoms with van der Waals surface area (Å²) in [6.07, 6.45) is -0.345. The number of rotatable bonds is 6. The highest BCUT2D eigenvalue weighted by molar-refractivity contribution is 6.01. The number of H-pyrrole nitrogens is 1. The summed E-state index contributed by atoms with van der Waals surface area (Å²) in [5, 5.41) is 18.6. The molecule has 0 unspecified atom stereocenters. The molecule has 2 N–H and O–H groups in total. The highest BCUT2D eigenvalue weighted by atomic mass is 16.6. The second kappa shape index (κ2) is 10.4. The molecule has 3 heterocycles. The Kier molecular flexibility index (Phi) is 7.10. The van der Waals surface area contributed by atoms with Crippen molar-refractivity contribution in [2.45, 2.75) is 33.0 Å². The maximum absolute atomic E-state index is 12.6. The normalized spacial score (nSPS) is 13.7. The fourth-order valence-corrected chi connectivity index (χ4v) is 3.45. The first kappa shape index (κ1) is 24.6. The number of piperazine rings is 1. The summed E-state index contributed by atoms with van der Waals surface area (Å²) in [6, 6.07) is 12.1. The average Bonchev–Trinajstić information content (AvgIpc) is 3.52. The number of nitriles is 1. The van der Waals surface area contributed by atoms with Gasteiger partial charge in [-0.25, -0.2) is 9.89 Å². The van der Waals surface area contributed by atoms with Gasteiger partial charge in [0.1, 0.15) is 29.8 Å². The average molecular weight is 494 g/mol. The molecule has 2 amide bonds. The number of benzene rings is 1. The molecular formula is C24H27N7O5. The second-order valence-electron chi connectivity index (χ2n) is 9.06. The molecule has 0 spiro atoms. The summed E-state index contributed by atoms with van der Waals surface area (Å²) in [4.78, 5) is 32.7. The summed E-state index contributed by atoms with van der Waals surface area (Å²) < 4.78 is 16.6. The Balaban J connectivity index is 1.28. The Morgan fingerprint density at radius 1 is 1.17 bits per heavy atom. The van der Waals surface area contributed by atoms with Gasteiger partial charge in [0.2, 0.25) is 11.9 Å². The molecule has 1 aromatic carbocycles. The van der Waals surface area contributed by atoms with Crippen LogP contribution in [0.2, 0.25) is 0 Å². The van der Waals surface area contributed by atoms with Gasteiger partial charge in [0.25, 0.3) is 5.91 Å². The van der Waals surface area contributed by atoms with Gasteiger partial charge in [-0.1, -0.05) is 12.1 Å². The molecule has 1 aliphatic rings. The third-order valence-corrected chi connectivity index (χ3v) is 5.18. The van der Waals surface area contributed by atoms with Crippen molar-refractivity contribution >= 4 is 23.9 Å². The summed E-state index contributed by atoms with van der Waals surface area (Å²) >= 11 is 0. The number of nitrogens with zero attached hydrogens (tertiary/aromatic N) is 5. The third-order valence-electron chi connectivity index (χ3n) is 5.18. The molecule has 0 bridgehead atoms. The molecule has 0 aliphatic carbocycles. The first-order chi connectivity index (χ1) is 17.2. The van der Waals surface area contributed by atoms with Crippen molar-refractivity contribution in [3.05, 3.63) is 53.5 Å². The molecule has 1 fully saturated rings. The number of carbonyl (C=O) groups is 2. The quantitative estimate of drug-likeness (QED) is 0.528. The number of hydrogen-bond acceptors (Lipinski definition) is 9. The number of ether oxygens (including phenoxy) is 2. The number of anilines is 2. The summed E-state index contributed by atoms with van der Waals surface area (Å²) in [5.41, 5.74) is -0.134. The minimum Gasteiger partial charge on any atom is -0.484 e. The molecule has 1 aliphatic heterocycles. The number of nitrogens with one attached hydrogen (secondary N) is 2. The molecule has 36 heavy (non-hydrogen) atoms. The van der Waals surface area contributed by atoms with Gasteiger partial charge in [-0.05, 0) is 45.0 Å². The van der Waals surface area contributed by atoms with E-state index in [0.29, 0.717) is 49.2 Å². The minimum absolute atomic E-state index is 0.0632. The number of hydrogen-bond donors (Lipinski definition) is 2. The lowest BCUT2D eigenvalue weighted by Gasteiger charge is -2.35. The fraction of sp³-hybridized carbons (Fsp3) is 0.375. The molecule has 12 nitrogen and oxygen atoms in total. The molecule has 12 heteroatoms. The molecule has 1 saturated heterocycles. The molecule has 3 aromatic rings. The summed E-state index contributed by atoms with van der Waals surface area (Å²) in [6.45, 7) is 7.56. The SMILES string of the molecule is CC(C)(C)OC(=O)N1CCN(c2n[nH]c(NC(=O)c3ccc(COc4ccccc4C#N)o3)n2)CC1. The van der Waals surface area contributed by atoms with Gasteiger partial charge in [-0.2, -0.15) is 10.2 Å². The zero-order valence-electron chi connectivity index (χ0n) is 20.3. The van der Waals surface area contributed by atoms with Crippen molar-refractivity contribution in [2.75, 3.05) is 36.4 Å². The van der Waals surface area contributed by atoms with Crippen molar-refractivity contribution in [1.82, 2.24) is 20.1 Å². The van der Waals surface area contributed by atoms with Crippen molar-refractivity contribution in [3.63, 3.8) is 0 Å². The monoisotopic (exact) mass is 493 g/mol. The molecule has 188 valence electrons. The van der Waals surface area contributed by atoms with Crippen LogP contribution in [0.3, 0.4) is 0 Å². The van der Waals surface area contributed by atoms with Gasteiger partial charge in [-0.3, -0.25) is 10.1 Å². The van der Waals surface area contributed by atoms with Crippen LogP contribution in [0, 0.1) is 11.3 Å². The van der Waals surface area contributed by atoms with Crippen LogP contribution in [0.25, 0.3) is 0 Å². The highest BCUT2D eigenvalue weighted by Gasteiger charge is 2.27. The number of carbonyl (C=O) groups excluding carboxylic acids is 2. The van der Waals surface area contributed by atoms with E-state index in [2.05, 4.69) is 26.6 Å². The fourth-order valence-electron chi connectivity index (χ4n) is 3.45. The smallest absolute Gasteiger partial charge is 0.410 e. The summed E-state index contributed by atoms with van der Waals surface area (Å²) in [7, 11) is 0. The van der Waals surface area contributed by atoms with Gasteiger partial charge in [0, 0.05) is 26.2 Å². The van der Waals surface area contributed by atoms with E-state index in [9.17, 15) is 9.59 Å². The zero-order chi connectivity index (χ0) is 25.7. The number of aromatic amines is 1. The van der Waals surface area contributed by atoms with Gasteiger partial charge in [0.15, 0.2) is 5.76 Å². The Bertz CT molecular complexity index is 1260. The van der Waals surface area contributed by atoms with Crippen molar-refractivity contribution in [3.8, 4) is 11.8 Å². The molecule has 4 rings (SSSR count). The Hall–Kier alpha value is -4.53. The Morgan fingerprint density at radius 3 is 2.64 bits per heavy atom. The largest absolute Gasteiger partial charge is 0.484 e. The molecule has 2 aromatic heterocycles. The first-order valence-electron chi connectivity index (χ1n) is 11.4. The van der Waals surface area contributed by atoms with Crippen LogP contribution in [0.4, 0.5) is 16.7 Å².